The number of hydrogen-bond donors (Lipinski definition) is 0. The highest BCUT2D eigenvalue weighted by molar-refractivity contribution is 8.01. The number of aromatic nitrogens is 1. The van der Waals surface area contributed by atoms with E-state index in [9.17, 15) is 9.18 Å². The lowest BCUT2D eigenvalue weighted by Crippen LogP contribution is -2.43. The van der Waals surface area contributed by atoms with E-state index >= 15 is 0 Å². The quantitative estimate of drug-likeness (QED) is 0.488. The van der Waals surface area contributed by atoms with Crippen molar-refractivity contribution in [3.63, 3.8) is 0 Å². The molecule has 8 heteroatoms. The molecule has 2 heterocycles. The normalized spacial score (nSPS) is 13.4. The van der Waals surface area contributed by atoms with Crippen molar-refractivity contribution in [1.29, 1.82) is 0 Å². The Morgan fingerprint density at radius 2 is 2.00 bits per heavy atom. The van der Waals surface area contributed by atoms with E-state index in [1.807, 2.05) is 24.3 Å². The number of hydrogen-bond acceptors (Lipinski definition) is 4. The number of ether oxygens (including phenoxy) is 1. The third-order valence-corrected chi connectivity index (χ3v) is 5.95. The molecule has 29 heavy (non-hydrogen) atoms. The first-order chi connectivity index (χ1) is 14.0. The van der Waals surface area contributed by atoms with Crippen LogP contribution in [0.25, 0.3) is 0 Å². The molecule has 0 unspecified atom stereocenters. The van der Waals surface area contributed by atoms with E-state index in [1.165, 1.54) is 34.3 Å². The minimum atomic E-state index is -0.434. The van der Waals surface area contributed by atoms with Crippen LogP contribution in [0, 0.1) is 12.7 Å². The number of nitrogens with zero attached hydrogens (tertiary/aromatic N) is 3. The van der Waals surface area contributed by atoms with Gasteiger partial charge in [-0.3, -0.25) is 4.90 Å². The first-order valence-corrected chi connectivity index (χ1v) is 9.96. The van der Waals surface area contributed by atoms with E-state index in [-0.39, 0.29) is 18.1 Å². The number of para-hydroxylation sites is 1. The van der Waals surface area contributed by atoms with Crippen LogP contribution in [0.15, 0.2) is 59.6 Å². The number of fused-ring (bicyclic) bond motifs is 1. The highest BCUT2D eigenvalue weighted by Gasteiger charge is 2.33. The fourth-order valence-electron chi connectivity index (χ4n) is 3.08. The van der Waals surface area contributed by atoms with E-state index in [2.05, 4.69) is 4.98 Å². The van der Waals surface area contributed by atoms with Gasteiger partial charge in [0, 0.05) is 16.7 Å². The summed E-state index contributed by atoms with van der Waals surface area (Å²) in [6.07, 6.45) is 1.56. The van der Waals surface area contributed by atoms with Crippen molar-refractivity contribution in [2.75, 3.05) is 16.3 Å². The summed E-state index contributed by atoms with van der Waals surface area (Å²) < 4.78 is 21.2. The van der Waals surface area contributed by atoms with Crippen molar-refractivity contribution in [3.05, 3.63) is 76.7 Å². The van der Waals surface area contributed by atoms with Gasteiger partial charge in [-0.1, -0.05) is 23.7 Å². The predicted octanol–water partition coefficient (Wildman–Crippen LogP) is 5.85. The molecule has 0 N–H and O–H groups in total. The number of halogens is 2. The second-order valence-corrected chi connectivity index (χ2v) is 7.88. The largest absolute Gasteiger partial charge is 0.481 e. The van der Waals surface area contributed by atoms with Crippen molar-refractivity contribution in [2.45, 2.75) is 18.4 Å². The third-order valence-electron chi connectivity index (χ3n) is 4.52. The second-order valence-electron chi connectivity index (χ2n) is 6.49. The Balaban J connectivity index is 1.75. The number of pyridine rings is 1. The predicted molar refractivity (Wildman–Crippen MR) is 113 cm³/mol. The van der Waals surface area contributed by atoms with Gasteiger partial charge in [-0.2, -0.15) is 0 Å². The third kappa shape index (κ3) is 3.75. The van der Waals surface area contributed by atoms with Gasteiger partial charge < -0.3 is 4.74 Å². The summed E-state index contributed by atoms with van der Waals surface area (Å²) in [5, 5.41) is 0.295. The van der Waals surface area contributed by atoms with Crippen LogP contribution in [0.3, 0.4) is 0 Å². The first kappa shape index (κ1) is 19.5. The van der Waals surface area contributed by atoms with Crippen LogP contribution in [-0.4, -0.2) is 18.1 Å². The number of methoxy groups -OCH3 is 1. The fourth-order valence-corrected chi connectivity index (χ4v) is 4.40. The minimum absolute atomic E-state index is 0.0153. The molecule has 0 fully saturated rings. The Hall–Kier alpha value is -2.77. The molecular formula is C21H17ClFN3O2S. The number of benzene rings is 2. The summed E-state index contributed by atoms with van der Waals surface area (Å²) in [6, 6.07) is 13.7. The Morgan fingerprint density at radius 1 is 1.21 bits per heavy atom. The summed E-state index contributed by atoms with van der Waals surface area (Å²) in [7, 11) is 1.53. The Labute approximate surface area is 177 Å². The molecule has 1 aliphatic heterocycles. The fraction of sp³-hybridized carbons (Fsp3) is 0.143. The standard InChI is InChI=1S/C21H17ClFN3O2S/c1-13-9-16(22)15(17(23)10-13)12-25-18-5-3-4-6-19(18)29-26(21(25)27)14-7-8-20(28-2)24-11-14/h3-11H,12H2,1-2H3. The van der Waals surface area contributed by atoms with Gasteiger partial charge in [0.1, 0.15) is 5.82 Å². The molecule has 3 aromatic rings. The average Bonchev–Trinajstić information content (AvgIpc) is 2.71. The van der Waals surface area contributed by atoms with Crippen LogP contribution < -0.4 is 13.9 Å². The lowest BCUT2D eigenvalue weighted by molar-refractivity contribution is 0.254. The van der Waals surface area contributed by atoms with Gasteiger partial charge in [0.05, 0.1) is 36.1 Å². The lowest BCUT2D eigenvalue weighted by Gasteiger charge is -2.36. The molecular weight excluding hydrogens is 413 g/mol. The molecule has 148 valence electrons. The Morgan fingerprint density at radius 3 is 2.69 bits per heavy atom. The van der Waals surface area contributed by atoms with Gasteiger partial charge >= 0.3 is 6.03 Å². The van der Waals surface area contributed by atoms with Crippen LogP contribution >= 0.6 is 23.5 Å². The molecule has 0 bridgehead atoms. The Bertz CT molecular complexity index is 1050. The van der Waals surface area contributed by atoms with Crippen LogP contribution in [0.1, 0.15) is 11.1 Å². The number of amides is 2. The lowest BCUT2D eigenvalue weighted by atomic mass is 10.1. The first-order valence-electron chi connectivity index (χ1n) is 8.81. The van der Waals surface area contributed by atoms with Crippen molar-refractivity contribution < 1.29 is 13.9 Å². The SMILES string of the molecule is COc1ccc(N2Sc3ccccc3N(Cc3c(F)cc(C)cc3Cl)C2=O)cn1. The zero-order valence-electron chi connectivity index (χ0n) is 15.7. The van der Waals surface area contributed by atoms with Crippen molar-refractivity contribution in [1.82, 2.24) is 4.98 Å². The molecule has 2 aromatic carbocycles. The maximum atomic E-state index is 14.6. The summed E-state index contributed by atoms with van der Waals surface area (Å²) in [5.41, 5.74) is 2.30. The molecule has 0 spiro atoms. The summed E-state index contributed by atoms with van der Waals surface area (Å²) in [5.74, 6) is 0.0187. The van der Waals surface area contributed by atoms with Crippen molar-refractivity contribution >= 4 is 41.0 Å². The molecule has 1 aromatic heterocycles. The topological polar surface area (TPSA) is 45.7 Å². The van der Waals surface area contributed by atoms with E-state index < -0.39 is 5.82 Å². The molecule has 0 atom stereocenters. The van der Waals surface area contributed by atoms with Gasteiger partial charge in [0.2, 0.25) is 5.88 Å². The molecule has 0 saturated carbocycles. The van der Waals surface area contributed by atoms with E-state index in [1.54, 1.807) is 31.3 Å². The minimum Gasteiger partial charge on any atom is -0.481 e. The van der Waals surface area contributed by atoms with Gasteiger partial charge in [0.25, 0.3) is 0 Å². The maximum Gasteiger partial charge on any atom is 0.339 e. The average molecular weight is 430 g/mol. The number of anilines is 2. The zero-order valence-corrected chi connectivity index (χ0v) is 17.3. The number of rotatable bonds is 4. The van der Waals surface area contributed by atoms with Gasteiger partial charge in [-0.25, -0.2) is 18.5 Å². The molecule has 2 amide bonds. The summed E-state index contributed by atoms with van der Waals surface area (Å²) in [4.78, 5) is 19.9. The molecule has 5 nitrogen and oxygen atoms in total. The van der Waals surface area contributed by atoms with Crippen LogP contribution in [0.5, 0.6) is 5.88 Å². The van der Waals surface area contributed by atoms with Crippen molar-refractivity contribution in [3.8, 4) is 5.88 Å². The highest BCUT2D eigenvalue weighted by atomic mass is 35.5. The van der Waals surface area contributed by atoms with E-state index in [4.69, 9.17) is 16.3 Å². The number of carbonyl (C=O) groups excluding carboxylic acids is 1. The Kier molecular flexibility index (Phi) is 5.34. The highest BCUT2D eigenvalue weighted by Crippen LogP contribution is 2.42. The molecule has 0 saturated heterocycles. The number of carbonyl (C=O) groups is 1. The van der Waals surface area contributed by atoms with Crippen molar-refractivity contribution in [2.24, 2.45) is 0 Å². The van der Waals surface area contributed by atoms with Crippen LogP contribution in [0.2, 0.25) is 5.02 Å². The molecule has 4 rings (SSSR count). The number of aryl methyl sites for hydroxylation is 1. The van der Waals surface area contributed by atoms with E-state index in [0.717, 1.165) is 10.5 Å². The number of urea groups is 1. The van der Waals surface area contributed by atoms with Crippen LogP contribution in [-0.2, 0) is 6.54 Å². The smallest absolute Gasteiger partial charge is 0.339 e. The van der Waals surface area contributed by atoms with Gasteiger partial charge in [0.15, 0.2) is 0 Å². The second kappa shape index (κ2) is 7.93. The summed E-state index contributed by atoms with van der Waals surface area (Å²) >= 11 is 7.59. The van der Waals surface area contributed by atoms with Gasteiger partial charge in [-0.05, 0) is 54.8 Å². The zero-order chi connectivity index (χ0) is 20.5. The summed E-state index contributed by atoms with van der Waals surface area (Å²) in [6.45, 7) is 1.79. The van der Waals surface area contributed by atoms with Crippen LogP contribution in [0.4, 0.5) is 20.6 Å². The molecule has 0 radical (unpaired) electrons. The molecule has 1 aliphatic rings. The monoisotopic (exact) mass is 429 g/mol. The molecule has 0 aliphatic carbocycles. The maximum absolute atomic E-state index is 14.6. The van der Waals surface area contributed by atoms with E-state index in [0.29, 0.717) is 22.3 Å². The van der Waals surface area contributed by atoms with Gasteiger partial charge in [-0.15, -0.1) is 0 Å².